The molecule has 0 saturated heterocycles. The summed E-state index contributed by atoms with van der Waals surface area (Å²) in [6.45, 7) is 2.06. The van der Waals surface area contributed by atoms with E-state index in [4.69, 9.17) is 10.8 Å². The maximum absolute atomic E-state index is 10.4. The molecule has 0 aliphatic heterocycles. The van der Waals surface area contributed by atoms with E-state index in [9.17, 15) is 4.79 Å². The first-order valence-corrected chi connectivity index (χ1v) is 3.54. The third-order valence-electron chi connectivity index (χ3n) is 1.26. The number of Topliss-reactive ketones (excluding diaryl/α,β-unsaturated/α-hetero) is 1. The molecule has 0 fully saturated rings. The number of ketones is 1. The lowest BCUT2D eigenvalue weighted by Gasteiger charge is -2.05. The van der Waals surface area contributed by atoms with Gasteiger partial charge in [-0.2, -0.15) is 0 Å². The van der Waals surface area contributed by atoms with E-state index in [1.54, 1.807) is 0 Å². The molecule has 3 heteroatoms. The Morgan fingerprint density at radius 2 is 2.30 bits per heavy atom. The van der Waals surface area contributed by atoms with Crippen LogP contribution in [0.1, 0.15) is 26.2 Å². The highest BCUT2D eigenvalue weighted by molar-refractivity contribution is 5.75. The molecule has 3 N–H and O–H groups in total. The number of nitrogens with two attached hydrogens (primary N) is 1. The molecule has 0 amide bonds. The summed E-state index contributed by atoms with van der Waals surface area (Å²) in [5, 5.41) is 9.07. The molecule has 0 spiro atoms. The molecule has 1 atom stereocenters. The average molecular weight is 145 g/mol. The van der Waals surface area contributed by atoms with E-state index in [-0.39, 0.29) is 12.2 Å². The van der Waals surface area contributed by atoms with Crippen LogP contribution < -0.4 is 5.73 Å². The van der Waals surface area contributed by atoms with Gasteiger partial charge in [0.1, 0.15) is 5.78 Å². The SMILES string of the molecule is CC(=O)CC(O)CCCN. The fourth-order valence-corrected chi connectivity index (χ4v) is 0.787. The molecule has 0 aliphatic rings. The van der Waals surface area contributed by atoms with Gasteiger partial charge in [-0.05, 0) is 26.3 Å². The third kappa shape index (κ3) is 5.72. The summed E-state index contributed by atoms with van der Waals surface area (Å²) in [6, 6.07) is 0. The van der Waals surface area contributed by atoms with Crippen molar-refractivity contribution in [1.29, 1.82) is 0 Å². The lowest BCUT2D eigenvalue weighted by molar-refractivity contribution is -0.118. The first-order chi connectivity index (χ1) is 4.66. The van der Waals surface area contributed by atoms with Crippen molar-refractivity contribution in [2.75, 3.05) is 6.54 Å². The predicted octanol–water partition coefficient (Wildman–Crippen LogP) is 0.0653. The summed E-state index contributed by atoms with van der Waals surface area (Å²) in [4.78, 5) is 10.4. The van der Waals surface area contributed by atoms with Gasteiger partial charge in [0.2, 0.25) is 0 Å². The molecular weight excluding hydrogens is 130 g/mol. The summed E-state index contributed by atoms with van der Waals surface area (Å²) in [5.41, 5.74) is 5.21. The topological polar surface area (TPSA) is 63.3 Å². The van der Waals surface area contributed by atoms with Crippen molar-refractivity contribution in [2.24, 2.45) is 5.73 Å². The molecule has 0 rings (SSSR count). The zero-order valence-electron chi connectivity index (χ0n) is 6.34. The van der Waals surface area contributed by atoms with Crippen LogP contribution in [0.4, 0.5) is 0 Å². The normalized spacial score (nSPS) is 13.1. The lowest BCUT2D eigenvalue weighted by atomic mass is 10.1. The molecule has 3 nitrogen and oxygen atoms in total. The van der Waals surface area contributed by atoms with E-state index in [0.717, 1.165) is 6.42 Å². The van der Waals surface area contributed by atoms with Gasteiger partial charge in [0, 0.05) is 6.42 Å². The number of aliphatic hydroxyl groups is 1. The second-order valence-electron chi connectivity index (χ2n) is 2.49. The van der Waals surface area contributed by atoms with Crippen molar-refractivity contribution >= 4 is 5.78 Å². The van der Waals surface area contributed by atoms with E-state index in [0.29, 0.717) is 13.0 Å². The quantitative estimate of drug-likeness (QED) is 0.575. The van der Waals surface area contributed by atoms with Crippen LogP contribution in [0.25, 0.3) is 0 Å². The molecule has 0 aromatic heterocycles. The zero-order chi connectivity index (χ0) is 7.98. The molecule has 10 heavy (non-hydrogen) atoms. The van der Waals surface area contributed by atoms with Crippen molar-refractivity contribution in [3.63, 3.8) is 0 Å². The maximum Gasteiger partial charge on any atom is 0.132 e. The fraction of sp³-hybridized carbons (Fsp3) is 0.857. The minimum atomic E-state index is -0.485. The van der Waals surface area contributed by atoms with Crippen molar-refractivity contribution in [2.45, 2.75) is 32.3 Å². The largest absolute Gasteiger partial charge is 0.393 e. The van der Waals surface area contributed by atoms with Crippen LogP contribution in [0.3, 0.4) is 0 Å². The lowest BCUT2D eigenvalue weighted by Crippen LogP contribution is -2.13. The molecule has 1 unspecified atom stereocenters. The summed E-state index contributed by atoms with van der Waals surface area (Å²) < 4.78 is 0. The minimum Gasteiger partial charge on any atom is -0.393 e. The Morgan fingerprint density at radius 1 is 1.70 bits per heavy atom. The van der Waals surface area contributed by atoms with E-state index < -0.39 is 6.10 Å². The van der Waals surface area contributed by atoms with Gasteiger partial charge >= 0.3 is 0 Å². The maximum atomic E-state index is 10.4. The van der Waals surface area contributed by atoms with Crippen LogP contribution in [0, 0.1) is 0 Å². The second kappa shape index (κ2) is 5.38. The van der Waals surface area contributed by atoms with Crippen LogP contribution in [-0.4, -0.2) is 23.5 Å². The highest BCUT2D eigenvalue weighted by Crippen LogP contribution is 2.00. The summed E-state index contributed by atoms with van der Waals surface area (Å²) >= 11 is 0. The Labute approximate surface area is 61.2 Å². The van der Waals surface area contributed by atoms with E-state index in [1.807, 2.05) is 0 Å². The highest BCUT2D eigenvalue weighted by atomic mass is 16.3. The predicted molar refractivity (Wildman–Crippen MR) is 39.6 cm³/mol. The van der Waals surface area contributed by atoms with Crippen molar-refractivity contribution in [3.8, 4) is 0 Å². The van der Waals surface area contributed by atoms with Crippen LogP contribution in [0.5, 0.6) is 0 Å². The third-order valence-corrected chi connectivity index (χ3v) is 1.26. The molecule has 0 bridgehead atoms. The Kier molecular flexibility index (Phi) is 5.16. The Morgan fingerprint density at radius 3 is 2.70 bits per heavy atom. The number of hydrogen-bond donors (Lipinski definition) is 2. The van der Waals surface area contributed by atoms with Gasteiger partial charge in [0.15, 0.2) is 0 Å². The van der Waals surface area contributed by atoms with Crippen LogP contribution in [0.15, 0.2) is 0 Å². The number of aliphatic hydroxyl groups excluding tert-OH is 1. The van der Waals surface area contributed by atoms with Crippen LogP contribution >= 0.6 is 0 Å². The molecular formula is C7H15NO2. The van der Waals surface area contributed by atoms with Gasteiger partial charge in [-0.1, -0.05) is 0 Å². The Hall–Kier alpha value is -0.410. The van der Waals surface area contributed by atoms with Crippen molar-refractivity contribution < 1.29 is 9.90 Å². The van der Waals surface area contributed by atoms with Gasteiger partial charge < -0.3 is 10.8 Å². The monoisotopic (exact) mass is 145 g/mol. The van der Waals surface area contributed by atoms with E-state index in [1.165, 1.54) is 6.92 Å². The second-order valence-corrected chi connectivity index (χ2v) is 2.49. The van der Waals surface area contributed by atoms with Crippen LogP contribution in [0.2, 0.25) is 0 Å². The van der Waals surface area contributed by atoms with E-state index >= 15 is 0 Å². The summed E-state index contributed by atoms with van der Waals surface area (Å²) in [5.74, 6) is 0.0320. The molecule has 0 aromatic carbocycles. The van der Waals surface area contributed by atoms with Crippen molar-refractivity contribution in [3.05, 3.63) is 0 Å². The highest BCUT2D eigenvalue weighted by Gasteiger charge is 2.05. The Balaban J connectivity index is 3.25. The molecule has 0 saturated carbocycles. The van der Waals surface area contributed by atoms with E-state index in [2.05, 4.69) is 0 Å². The first-order valence-electron chi connectivity index (χ1n) is 3.54. The van der Waals surface area contributed by atoms with Gasteiger partial charge in [0.25, 0.3) is 0 Å². The Bertz CT molecular complexity index is 104. The number of hydrogen-bond acceptors (Lipinski definition) is 3. The molecule has 0 aromatic rings. The number of carbonyl (C=O) groups excluding carboxylic acids is 1. The van der Waals surface area contributed by atoms with Crippen molar-refractivity contribution in [1.82, 2.24) is 0 Å². The summed E-state index contributed by atoms with van der Waals surface area (Å²) in [6.07, 6.45) is 1.20. The van der Waals surface area contributed by atoms with Gasteiger partial charge in [-0.3, -0.25) is 4.79 Å². The first kappa shape index (κ1) is 9.59. The molecule has 0 radical (unpaired) electrons. The number of rotatable bonds is 5. The average Bonchev–Trinajstić information content (AvgIpc) is 1.82. The standard InChI is InChI=1S/C7H15NO2/c1-6(9)5-7(10)3-2-4-8/h7,10H,2-5,8H2,1H3. The molecule has 0 aliphatic carbocycles. The van der Waals surface area contributed by atoms with Gasteiger partial charge in [-0.25, -0.2) is 0 Å². The minimum absolute atomic E-state index is 0.0320. The molecule has 60 valence electrons. The zero-order valence-corrected chi connectivity index (χ0v) is 6.34. The van der Waals surface area contributed by atoms with Gasteiger partial charge in [-0.15, -0.1) is 0 Å². The molecule has 0 heterocycles. The smallest absolute Gasteiger partial charge is 0.132 e. The summed E-state index contributed by atoms with van der Waals surface area (Å²) in [7, 11) is 0. The van der Waals surface area contributed by atoms with Crippen LogP contribution in [-0.2, 0) is 4.79 Å². The number of carbonyl (C=O) groups is 1. The fourth-order valence-electron chi connectivity index (χ4n) is 0.787. The van der Waals surface area contributed by atoms with Gasteiger partial charge in [0.05, 0.1) is 6.10 Å².